The number of anilines is 1. The summed E-state index contributed by atoms with van der Waals surface area (Å²) >= 11 is 0. The van der Waals surface area contributed by atoms with Crippen LogP contribution in [0.2, 0.25) is 0 Å². The van der Waals surface area contributed by atoms with Crippen molar-refractivity contribution in [3.8, 4) is 0 Å². The van der Waals surface area contributed by atoms with Crippen LogP contribution in [0.1, 0.15) is 28.7 Å². The summed E-state index contributed by atoms with van der Waals surface area (Å²) in [7, 11) is 1.65. The van der Waals surface area contributed by atoms with Gasteiger partial charge in [-0.05, 0) is 51.1 Å². The van der Waals surface area contributed by atoms with Crippen LogP contribution in [-0.2, 0) is 9.53 Å². The van der Waals surface area contributed by atoms with Gasteiger partial charge in [-0.25, -0.2) is 14.8 Å². The Morgan fingerprint density at radius 3 is 2.26 bits per heavy atom. The number of benzene rings is 2. The molecule has 2 aromatic carbocycles. The van der Waals surface area contributed by atoms with Gasteiger partial charge in [0.25, 0.3) is 5.91 Å². The molecule has 0 bridgehead atoms. The number of nitrogens with zero attached hydrogens (tertiary/aromatic N) is 3. The van der Waals surface area contributed by atoms with E-state index in [2.05, 4.69) is 9.97 Å². The van der Waals surface area contributed by atoms with Gasteiger partial charge < -0.3 is 9.64 Å². The molecule has 3 rings (SSSR count). The van der Waals surface area contributed by atoms with Crippen LogP contribution in [-0.4, -0.2) is 35.0 Å². The molecule has 0 saturated carbocycles. The van der Waals surface area contributed by atoms with Crippen LogP contribution in [0.4, 0.5) is 5.69 Å². The van der Waals surface area contributed by atoms with Crippen molar-refractivity contribution in [1.82, 2.24) is 9.97 Å². The third kappa shape index (κ3) is 3.95. The molecule has 0 aliphatic heterocycles. The van der Waals surface area contributed by atoms with E-state index in [4.69, 9.17) is 4.74 Å². The predicted octanol–water partition coefficient (Wildman–Crippen LogP) is 3.45. The Labute approximate surface area is 157 Å². The van der Waals surface area contributed by atoms with Crippen LogP contribution in [0, 0.1) is 13.8 Å². The Balaban J connectivity index is 1.75. The summed E-state index contributed by atoms with van der Waals surface area (Å²) in [6.07, 6.45) is -0.913. The van der Waals surface area contributed by atoms with E-state index in [1.54, 1.807) is 32.2 Å². The summed E-state index contributed by atoms with van der Waals surface area (Å²) in [5.74, 6) is -0.874. The maximum absolute atomic E-state index is 12.5. The number of carbonyl (C=O) groups excluding carboxylic acids is 2. The molecule has 3 aromatic rings. The van der Waals surface area contributed by atoms with Gasteiger partial charge in [0.05, 0.1) is 28.0 Å². The van der Waals surface area contributed by atoms with Gasteiger partial charge in [-0.15, -0.1) is 0 Å². The highest BCUT2D eigenvalue weighted by molar-refractivity contribution is 5.99. The zero-order chi connectivity index (χ0) is 19.6. The number of aromatic nitrogens is 2. The molecule has 0 radical (unpaired) electrons. The summed E-state index contributed by atoms with van der Waals surface area (Å²) in [5, 5.41) is 0. The summed E-state index contributed by atoms with van der Waals surface area (Å²) in [6.45, 7) is 5.32. The Kier molecular flexibility index (Phi) is 5.16. The zero-order valence-corrected chi connectivity index (χ0v) is 15.8. The number of esters is 1. The first kappa shape index (κ1) is 18.5. The molecular weight excluding hydrogens is 342 g/mol. The number of amides is 1. The summed E-state index contributed by atoms with van der Waals surface area (Å²) < 4.78 is 5.37. The van der Waals surface area contributed by atoms with Gasteiger partial charge in [0.15, 0.2) is 6.10 Å². The molecule has 27 heavy (non-hydrogen) atoms. The number of carbonyl (C=O) groups is 2. The predicted molar refractivity (Wildman–Crippen MR) is 104 cm³/mol. The fourth-order valence-electron chi connectivity index (χ4n) is 2.69. The molecule has 6 nitrogen and oxygen atoms in total. The normalized spacial score (nSPS) is 11.9. The highest BCUT2D eigenvalue weighted by atomic mass is 16.5. The second kappa shape index (κ2) is 7.53. The maximum atomic E-state index is 12.5. The summed E-state index contributed by atoms with van der Waals surface area (Å²) in [4.78, 5) is 35.4. The number of fused-ring (bicyclic) bond motifs is 1. The Hall–Kier alpha value is -3.28. The fraction of sp³-hybridized carbons (Fsp3) is 0.238. The maximum Gasteiger partial charge on any atom is 0.338 e. The van der Waals surface area contributed by atoms with E-state index in [1.165, 1.54) is 4.90 Å². The van der Waals surface area contributed by atoms with Gasteiger partial charge in [0, 0.05) is 12.7 Å². The number of hydrogen-bond donors (Lipinski definition) is 0. The number of rotatable bonds is 4. The first-order valence-corrected chi connectivity index (χ1v) is 8.65. The first-order valence-electron chi connectivity index (χ1n) is 8.65. The quantitative estimate of drug-likeness (QED) is 0.664. The number of ether oxygens (including phenoxy) is 1. The van der Waals surface area contributed by atoms with Crippen molar-refractivity contribution >= 4 is 28.6 Å². The molecule has 0 fully saturated rings. The Morgan fingerprint density at radius 2 is 1.59 bits per heavy atom. The van der Waals surface area contributed by atoms with Crippen molar-refractivity contribution in [2.24, 2.45) is 0 Å². The highest BCUT2D eigenvalue weighted by Gasteiger charge is 2.23. The topological polar surface area (TPSA) is 72.4 Å². The minimum Gasteiger partial charge on any atom is -0.449 e. The van der Waals surface area contributed by atoms with E-state index in [0.29, 0.717) is 16.6 Å². The van der Waals surface area contributed by atoms with Crippen LogP contribution < -0.4 is 4.90 Å². The molecule has 6 heteroatoms. The third-order valence-corrected chi connectivity index (χ3v) is 4.42. The van der Waals surface area contributed by atoms with Crippen molar-refractivity contribution in [2.75, 3.05) is 11.9 Å². The largest absolute Gasteiger partial charge is 0.449 e. The van der Waals surface area contributed by atoms with E-state index >= 15 is 0 Å². The van der Waals surface area contributed by atoms with Gasteiger partial charge in [-0.2, -0.15) is 0 Å². The zero-order valence-electron chi connectivity index (χ0n) is 15.8. The standard InChI is InChI=1S/C21H21N3O3/c1-13-14(2)23-19-12-16(10-11-18(19)22-13)21(26)27-15(3)20(25)24(4)17-8-6-5-7-9-17/h5-12,15H,1-4H3/t15-/m0/s1. The Morgan fingerprint density at radius 1 is 0.963 bits per heavy atom. The van der Waals surface area contributed by atoms with E-state index < -0.39 is 12.1 Å². The van der Waals surface area contributed by atoms with Gasteiger partial charge in [-0.1, -0.05) is 18.2 Å². The molecule has 1 aromatic heterocycles. The van der Waals surface area contributed by atoms with Gasteiger partial charge in [0.1, 0.15) is 0 Å². The van der Waals surface area contributed by atoms with Crippen molar-refractivity contribution in [3.63, 3.8) is 0 Å². The molecule has 1 amide bonds. The van der Waals surface area contributed by atoms with Crippen molar-refractivity contribution in [1.29, 1.82) is 0 Å². The highest BCUT2D eigenvalue weighted by Crippen LogP contribution is 2.17. The van der Waals surface area contributed by atoms with Crippen LogP contribution in [0.25, 0.3) is 11.0 Å². The van der Waals surface area contributed by atoms with Crippen LogP contribution in [0.5, 0.6) is 0 Å². The number of hydrogen-bond acceptors (Lipinski definition) is 5. The van der Waals surface area contributed by atoms with Gasteiger partial charge in [-0.3, -0.25) is 4.79 Å². The lowest BCUT2D eigenvalue weighted by Gasteiger charge is -2.21. The second-order valence-electron chi connectivity index (χ2n) is 6.38. The molecule has 0 spiro atoms. The van der Waals surface area contributed by atoms with Crippen molar-refractivity contribution in [2.45, 2.75) is 26.9 Å². The van der Waals surface area contributed by atoms with Crippen molar-refractivity contribution in [3.05, 3.63) is 65.5 Å². The number of aryl methyl sites for hydroxylation is 2. The van der Waals surface area contributed by atoms with Crippen LogP contribution >= 0.6 is 0 Å². The smallest absolute Gasteiger partial charge is 0.338 e. The molecule has 0 unspecified atom stereocenters. The minimum absolute atomic E-state index is 0.304. The first-order chi connectivity index (χ1) is 12.9. The number of likely N-dealkylation sites (N-methyl/N-ethyl adjacent to an activating group) is 1. The molecule has 0 aliphatic carbocycles. The number of para-hydroxylation sites is 1. The lowest BCUT2D eigenvalue weighted by Crippen LogP contribution is -2.37. The summed E-state index contributed by atoms with van der Waals surface area (Å²) in [6, 6.07) is 14.2. The monoisotopic (exact) mass is 363 g/mol. The molecule has 0 saturated heterocycles. The van der Waals surface area contributed by atoms with Crippen LogP contribution in [0.3, 0.4) is 0 Å². The van der Waals surface area contributed by atoms with Gasteiger partial charge in [0.2, 0.25) is 0 Å². The van der Waals surface area contributed by atoms with E-state index in [-0.39, 0.29) is 5.91 Å². The molecule has 0 N–H and O–H groups in total. The molecule has 0 aliphatic rings. The summed E-state index contributed by atoms with van der Waals surface area (Å²) in [5.41, 5.74) is 4.05. The SMILES string of the molecule is Cc1nc2ccc(C(=O)O[C@@H](C)C(=O)N(C)c3ccccc3)cc2nc1C. The van der Waals surface area contributed by atoms with E-state index in [0.717, 1.165) is 17.1 Å². The average Bonchev–Trinajstić information content (AvgIpc) is 2.68. The average molecular weight is 363 g/mol. The fourth-order valence-corrected chi connectivity index (χ4v) is 2.69. The lowest BCUT2D eigenvalue weighted by molar-refractivity contribution is -0.126. The molecule has 1 atom stereocenters. The third-order valence-electron chi connectivity index (χ3n) is 4.42. The molecule has 1 heterocycles. The molecular formula is C21H21N3O3. The van der Waals surface area contributed by atoms with E-state index in [1.807, 2.05) is 44.2 Å². The van der Waals surface area contributed by atoms with Crippen molar-refractivity contribution < 1.29 is 14.3 Å². The second-order valence-corrected chi connectivity index (χ2v) is 6.38. The lowest BCUT2D eigenvalue weighted by atomic mass is 10.2. The van der Waals surface area contributed by atoms with E-state index in [9.17, 15) is 9.59 Å². The van der Waals surface area contributed by atoms with Gasteiger partial charge >= 0.3 is 5.97 Å². The Bertz CT molecular complexity index is 1000. The minimum atomic E-state index is -0.913. The molecule has 138 valence electrons. The van der Waals surface area contributed by atoms with Crippen LogP contribution in [0.15, 0.2) is 48.5 Å².